The fourth-order valence-electron chi connectivity index (χ4n) is 1.53. The molecular formula is C15H25FN2O3. The SMILES string of the molecule is COCCOCCOc1ncc(F)cc1CNC(C)(C)C. The lowest BCUT2D eigenvalue weighted by molar-refractivity contribution is 0.0534. The normalized spacial score (nSPS) is 11.7. The van der Waals surface area contributed by atoms with Gasteiger partial charge in [0.1, 0.15) is 12.4 Å². The van der Waals surface area contributed by atoms with Crippen molar-refractivity contribution in [3.8, 4) is 5.88 Å². The van der Waals surface area contributed by atoms with Gasteiger partial charge < -0.3 is 19.5 Å². The van der Waals surface area contributed by atoms with E-state index in [9.17, 15) is 4.39 Å². The van der Waals surface area contributed by atoms with Crippen LogP contribution in [0, 0.1) is 5.82 Å². The molecule has 0 spiro atoms. The molecular weight excluding hydrogens is 275 g/mol. The number of rotatable bonds is 9. The molecule has 120 valence electrons. The second-order valence-corrected chi connectivity index (χ2v) is 5.67. The van der Waals surface area contributed by atoms with Crippen molar-refractivity contribution in [2.45, 2.75) is 32.9 Å². The number of nitrogens with zero attached hydrogens (tertiary/aromatic N) is 1. The quantitative estimate of drug-likeness (QED) is 0.708. The number of methoxy groups -OCH3 is 1. The molecule has 1 aromatic rings. The van der Waals surface area contributed by atoms with Gasteiger partial charge in [-0.1, -0.05) is 0 Å². The monoisotopic (exact) mass is 300 g/mol. The molecule has 0 aliphatic heterocycles. The molecule has 1 N–H and O–H groups in total. The van der Waals surface area contributed by atoms with Crippen LogP contribution in [0.1, 0.15) is 26.3 Å². The number of ether oxygens (including phenoxy) is 3. The van der Waals surface area contributed by atoms with Crippen LogP contribution >= 0.6 is 0 Å². The van der Waals surface area contributed by atoms with E-state index >= 15 is 0 Å². The second-order valence-electron chi connectivity index (χ2n) is 5.67. The Morgan fingerprint density at radius 3 is 2.57 bits per heavy atom. The van der Waals surface area contributed by atoms with Gasteiger partial charge in [-0.2, -0.15) is 0 Å². The fraction of sp³-hybridized carbons (Fsp3) is 0.667. The summed E-state index contributed by atoms with van der Waals surface area (Å²) in [4.78, 5) is 4.00. The summed E-state index contributed by atoms with van der Waals surface area (Å²) in [6.07, 6.45) is 1.15. The third-order valence-corrected chi connectivity index (χ3v) is 2.60. The molecule has 1 rings (SSSR count). The predicted molar refractivity (Wildman–Crippen MR) is 79.0 cm³/mol. The van der Waals surface area contributed by atoms with E-state index < -0.39 is 0 Å². The van der Waals surface area contributed by atoms with Gasteiger partial charge in [-0.05, 0) is 26.8 Å². The number of hydrogen-bond donors (Lipinski definition) is 1. The molecule has 0 unspecified atom stereocenters. The lowest BCUT2D eigenvalue weighted by Crippen LogP contribution is -2.35. The van der Waals surface area contributed by atoms with Crippen molar-refractivity contribution >= 4 is 0 Å². The zero-order valence-corrected chi connectivity index (χ0v) is 13.2. The summed E-state index contributed by atoms with van der Waals surface area (Å²) in [6.45, 7) is 8.51. The molecule has 0 saturated carbocycles. The van der Waals surface area contributed by atoms with Gasteiger partial charge in [0, 0.05) is 24.8 Å². The third kappa shape index (κ3) is 7.94. The zero-order chi connectivity index (χ0) is 15.7. The van der Waals surface area contributed by atoms with E-state index in [1.165, 1.54) is 6.07 Å². The fourth-order valence-corrected chi connectivity index (χ4v) is 1.53. The van der Waals surface area contributed by atoms with Crippen LogP contribution < -0.4 is 10.1 Å². The Labute approximate surface area is 125 Å². The van der Waals surface area contributed by atoms with Crippen molar-refractivity contribution in [2.24, 2.45) is 0 Å². The minimum atomic E-state index is -0.371. The Balaban J connectivity index is 2.48. The lowest BCUT2D eigenvalue weighted by Gasteiger charge is -2.21. The van der Waals surface area contributed by atoms with Crippen LogP contribution in [0.5, 0.6) is 5.88 Å². The van der Waals surface area contributed by atoms with Gasteiger partial charge in [0.05, 0.1) is 26.0 Å². The molecule has 0 atom stereocenters. The van der Waals surface area contributed by atoms with E-state index in [0.29, 0.717) is 44.4 Å². The molecule has 0 aromatic carbocycles. The smallest absolute Gasteiger partial charge is 0.218 e. The van der Waals surface area contributed by atoms with Crippen molar-refractivity contribution in [2.75, 3.05) is 33.5 Å². The highest BCUT2D eigenvalue weighted by molar-refractivity contribution is 5.26. The Kier molecular flexibility index (Phi) is 7.56. The van der Waals surface area contributed by atoms with Crippen LogP contribution in [0.4, 0.5) is 4.39 Å². The average molecular weight is 300 g/mol. The predicted octanol–water partition coefficient (Wildman–Crippen LogP) is 2.15. The standard InChI is InChI=1S/C15H25FN2O3/c1-15(2,3)18-10-12-9-13(16)11-17-14(12)21-8-7-20-6-5-19-4/h9,11,18H,5-8,10H2,1-4H3. The molecule has 6 heteroatoms. The highest BCUT2D eigenvalue weighted by Gasteiger charge is 2.12. The molecule has 0 radical (unpaired) electrons. The molecule has 1 aromatic heterocycles. The third-order valence-electron chi connectivity index (χ3n) is 2.60. The van der Waals surface area contributed by atoms with Crippen molar-refractivity contribution in [3.63, 3.8) is 0 Å². The minimum Gasteiger partial charge on any atom is -0.475 e. The lowest BCUT2D eigenvalue weighted by atomic mass is 10.1. The summed E-state index contributed by atoms with van der Waals surface area (Å²) >= 11 is 0. The van der Waals surface area contributed by atoms with Crippen LogP contribution in [-0.4, -0.2) is 44.1 Å². The number of halogens is 1. The van der Waals surface area contributed by atoms with Gasteiger partial charge >= 0.3 is 0 Å². The molecule has 0 saturated heterocycles. The maximum atomic E-state index is 13.3. The summed E-state index contributed by atoms with van der Waals surface area (Å²) in [5, 5.41) is 3.29. The van der Waals surface area contributed by atoms with Crippen LogP contribution in [-0.2, 0) is 16.0 Å². The van der Waals surface area contributed by atoms with Crippen LogP contribution in [0.15, 0.2) is 12.3 Å². The van der Waals surface area contributed by atoms with E-state index in [4.69, 9.17) is 14.2 Å². The molecule has 5 nitrogen and oxygen atoms in total. The first-order valence-corrected chi connectivity index (χ1v) is 7.01. The maximum Gasteiger partial charge on any atom is 0.218 e. The number of nitrogens with one attached hydrogen (secondary N) is 1. The summed E-state index contributed by atoms with van der Waals surface area (Å²) in [5.41, 5.74) is 0.633. The van der Waals surface area contributed by atoms with E-state index in [0.717, 1.165) is 6.20 Å². The van der Waals surface area contributed by atoms with E-state index in [2.05, 4.69) is 10.3 Å². The van der Waals surface area contributed by atoms with Gasteiger partial charge in [0.2, 0.25) is 5.88 Å². The summed E-state index contributed by atoms with van der Waals surface area (Å²) in [7, 11) is 1.62. The number of aromatic nitrogens is 1. The minimum absolute atomic E-state index is 0.0626. The van der Waals surface area contributed by atoms with E-state index in [1.54, 1.807) is 7.11 Å². The van der Waals surface area contributed by atoms with Crippen LogP contribution in [0.2, 0.25) is 0 Å². The molecule has 0 amide bonds. The van der Waals surface area contributed by atoms with Gasteiger partial charge in [-0.3, -0.25) is 0 Å². The molecule has 0 aliphatic carbocycles. The maximum absolute atomic E-state index is 13.3. The van der Waals surface area contributed by atoms with Crippen LogP contribution in [0.3, 0.4) is 0 Å². The van der Waals surface area contributed by atoms with Gasteiger partial charge in [-0.25, -0.2) is 9.37 Å². The molecule has 21 heavy (non-hydrogen) atoms. The van der Waals surface area contributed by atoms with Crippen molar-refractivity contribution < 1.29 is 18.6 Å². The largest absolute Gasteiger partial charge is 0.475 e. The average Bonchev–Trinajstić information content (AvgIpc) is 2.41. The van der Waals surface area contributed by atoms with E-state index in [-0.39, 0.29) is 11.4 Å². The highest BCUT2D eigenvalue weighted by Crippen LogP contribution is 2.17. The van der Waals surface area contributed by atoms with Gasteiger partial charge in [-0.15, -0.1) is 0 Å². The van der Waals surface area contributed by atoms with Crippen LogP contribution in [0.25, 0.3) is 0 Å². The first kappa shape index (κ1) is 17.8. The van der Waals surface area contributed by atoms with E-state index in [1.807, 2.05) is 20.8 Å². The van der Waals surface area contributed by atoms with Crippen molar-refractivity contribution in [1.82, 2.24) is 10.3 Å². The van der Waals surface area contributed by atoms with Gasteiger partial charge in [0.15, 0.2) is 0 Å². The topological polar surface area (TPSA) is 52.6 Å². The molecule has 0 fully saturated rings. The first-order valence-electron chi connectivity index (χ1n) is 7.01. The highest BCUT2D eigenvalue weighted by atomic mass is 19.1. The van der Waals surface area contributed by atoms with Gasteiger partial charge in [0.25, 0.3) is 0 Å². The summed E-state index contributed by atoms with van der Waals surface area (Å²) < 4.78 is 29.0. The Morgan fingerprint density at radius 2 is 1.90 bits per heavy atom. The Bertz CT molecular complexity index is 422. The molecule has 1 heterocycles. The number of hydrogen-bond acceptors (Lipinski definition) is 5. The van der Waals surface area contributed by atoms with Crippen molar-refractivity contribution in [1.29, 1.82) is 0 Å². The molecule has 0 bridgehead atoms. The Morgan fingerprint density at radius 1 is 1.19 bits per heavy atom. The first-order chi connectivity index (χ1) is 9.92. The number of pyridine rings is 1. The van der Waals surface area contributed by atoms with Crippen molar-refractivity contribution in [3.05, 3.63) is 23.6 Å². The Hall–Kier alpha value is -1.24. The summed E-state index contributed by atoms with van der Waals surface area (Å²) in [6, 6.07) is 1.44. The molecule has 0 aliphatic rings. The second kappa shape index (κ2) is 8.92. The summed E-state index contributed by atoms with van der Waals surface area (Å²) in [5.74, 6) is 0.0629. The zero-order valence-electron chi connectivity index (χ0n) is 13.2.